The number of benzene rings is 1. The number of thiazole rings is 1. The van der Waals surface area contributed by atoms with Crippen molar-refractivity contribution >= 4 is 31.6 Å². The molecule has 8 heteroatoms. The number of aromatic nitrogens is 1. The van der Waals surface area contributed by atoms with E-state index in [4.69, 9.17) is 4.74 Å². The van der Waals surface area contributed by atoms with E-state index in [1.807, 2.05) is 0 Å². The first-order chi connectivity index (χ1) is 11.2. The Balaban J connectivity index is 2.07. The number of nitrogens with zero attached hydrogens (tertiary/aromatic N) is 1. The zero-order chi connectivity index (χ0) is 17.8. The standard InChI is InChI=1S/C16H25N3O3S2/c1-16(2,3)15-19-13-6-5-12(11-14(13)23-15)24(20,21)18-8-7-17-9-10-22-4/h5-6,11,17-18H,7-10H2,1-4H3. The van der Waals surface area contributed by atoms with Crippen molar-refractivity contribution in [3.05, 3.63) is 23.2 Å². The molecule has 2 rings (SSSR count). The van der Waals surface area contributed by atoms with Gasteiger partial charge in [-0.25, -0.2) is 18.1 Å². The second kappa shape index (κ2) is 7.88. The van der Waals surface area contributed by atoms with E-state index in [1.54, 1.807) is 36.6 Å². The molecule has 134 valence electrons. The lowest BCUT2D eigenvalue weighted by atomic mass is 9.98. The summed E-state index contributed by atoms with van der Waals surface area (Å²) >= 11 is 1.54. The van der Waals surface area contributed by atoms with Gasteiger partial charge >= 0.3 is 0 Å². The molecule has 0 aliphatic rings. The van der Waals surface area contributed by atoms with Crippen molar-refractivity contribution in [2.75, 3.05) is 33.4 Å². The summed E-state index contributed by atoms with van der Waals surface area (Å²) in [6.07, 6.45) is 0. The number of rotatable bonds is 8. The Bertz CT molecular complexity index is 779. The number of methoxy groups -OCH3 is 1. The first-order valence-corrected chi connectivity index (χ1v) is 10.1. The van der Waals surface area contributed by atoms with E-state index in [9.17, 15) is 8.42 Å². The molecule has 6 nitrogen and oxygen atoms in total. The minimum atomic E-state index is -3.51. The summed E-state index contributed by atoms with van der Waals surface area (Å²) in [5.41, 5.74) is 0.791. The summed E-state index contributed by atoms with van der Waals surface area (Å²) in [7, 11) is -1.88. The number of nitrogens with one attached hydrogen (secondary N) is 2. The highest BCUT2D eigenvalue weighted by molar-refractivity contribution is 7.89. The second-order valence-electron chi connectivity index (χ2n) is 6.54. The van der Waals surface area contributed by atoms with Crippen LogP contribution >= 0.6 is 11.3 Å². The zero-order valence-corrected chi connectivity index (χ0v) is 16.2. The largest absolute Gasteiger partial charge is 0.383 e. The maximum Gasteiger partial charge on any atom is 0.240 e. The maximum atomic E-state index is 12.4. The van der Waals surface area contributed by atoms with Crippen molar-refractivity contribution < 1.29 is 13.2 Å². The molecule has 0 amide bonds. The molecular weight excluding hydrogens is 346 g/mol. The Morgan fingerprint density at radius 3 is 2.62 bits per heavy atom. The van der Waals surface area contributed by atoms with Crippen LogP contribution in [0.4, 0.5) is 0 Å². The number of fused-ring (bicyclic) bond motifs is 1. The molecule has 0 atom stereocenters. The third-order valence-corrected chi connectivity index (χ3v) is 6.29. The molecule has 0 fully saturated rings. The van der Waals surface area contributed by atoms with Crippen LogP contribution in [-0.2, 0) is 20.2 Å². The zero-order valence-electron chi connectivity index (χ0n) is 14.5. The van der Waals surface area contributed by atoms with Crippen LogP contribution in [-0.4, -0.2) is 46.8 Å². The van der Waals surface area contributed by atoms with Gasteiger partial charge in [-0.05, 0) is 18.2 Å². The first-order valence-electron chi connectivity index (χ1n) is 7.84. The number of sulfonamides is 1. The van der Waals surface area contributed by atoms with Gasteiger partial charge in [-0.1, -0.05) is 20.8 Å². The van der Waals surface area contributed by atoms with Gasteiger partial charge in [0.15, 0.2) is 0 Å². The molecule has 0 aliphatic carbocycles. The Morgan fingerprint density at radius 2 is 1.96 bits per heavy atom. The van der Waals surface area contributed by atoms with Gasteiger partial charge in [-0.2, -0.15) is 0 Å². The highest BCUT2D eigenvalue weighted by Crippen LogP contribution is 2.32. The highest BCUT2D eigenvalue weighted by Gasteiger charge is 2.20. The molecule has 0 saturated heterocycles. The molecule has 2 N–H and O–H groups in total. The smallest absolute Gasteiger partial charge is 0.240 e. The van der Waals surface area contributed by atoms with Crippen LogP contribution in [0.3, 0.4) is 0 Å². The average Bonchev–Trinajstić information content (AvgIpc) is 2.94. The summed E-state index contributed by atoms with van der Waals surface area (Å²) in [5, 5.41) is 4.10. The van der Waals surface area contributed by atoms with Crippen molar-refractivity contribution in [3.63, 3.8) is 0 Å². The van der Waals surface area contributed by atoms with Crippen LogP contribution in [0.2, 0.25) is 0 Å². The number of hydrogen-bond donors (Lipinski definition) is 2. The molecule has 1 aromatic heterocycles. The van der Waals surface area contributed by atoms with Gasteiger partial charge < -0.3 is 10.1 Å². The van der Waals surface area contributed by atoms with E-state index in [-0.39, 0.29) is 10.3 Å². The Kier molecular flexibility index (Phi) is 6.33. The van der Waals surface area contributed by atoms with E-state index in [0.29, 0.717) is 26.2 Å². The molecule has 0 aliphatic heterocycles. The summed E-state index contributed by atoms with van der Waals surface area (Å²) < 4.78 is 33.2. The Hall–Kier alpha value is -1.06. The van der Waals surface area contributed by atoms with Crippen LogP contribution in [0.25, 0.3) is 10.2 Å². The molecule has 1 heterocycles. The quantitative estimate of drug-likeness (QED) is 0.695. The van der Waals surface area contributed by atoms with Crippen LogP contribution in [0, 0.1) is 0 Å². The molecule has 0 saturated carbocycles. The minimum absolute atomic E-state index is 0.0468. The van der Waals surface area contributed by atoms with Crippen molar-refractivity contribution in [2.45, 2.75) is 31.1 Å². The third-order valence-electron chi connectivity index (χ3n) is 3.39. The average molecular weight is 372 g/mol. The summed E-state index contributed by atoms with van der Waals surface area (Å²) in [5.74, 6) is 0. The minimum Gasteiger partial charge on any atom is -0.383 e. The van der Waals surface area contributed by atoms with E-state index in [1.165, 1.54) is 0 Å². The van der Waals surface area contributed by atoms with Gasteiger partial charge in [0.25, 0.3) is 0 Å². The van der Waals surface area contributed by atoms with Gasteiger partial charge in [-0.15, -0.1) is 11.3 Å². The van der Waals surface area contributed by atoms with Crippen molar-refractivity contribution in [2.24, 2.45) is 0 Å². The van der Waals surface area contributed by atoms with Crippen LogP contribution < -0.4 is 10.0 Å². The first kappa shape index (κ1) is 19.3. The van der Waals surface area contributed by atoms with Crippen molar-refractivity contribution in [1.29, 1.82) is 0 Å². The molecule has 0 spiro atoms. The third kappa shape index (κ3) is 4.97. The van der Waals surface area contributed by atoms with Gasteiger partial charge in [0, 0.05) is 32.2 Å². The van der Waals surface area contributed by atoms with Gasteiger partial charge in [-0.3, -0.25) is 0 Å². The number of hydrogen-bond acceptors (Lipinski definition) is 6. The lowest BCUT2D eigenvalue weighted by molar-refractivity contribution is 0.199. The van der Waals surface area contributed by atoms with Crippen LogP contribution in [0.5, 0.6) is 0 Å². The molecule has 1 aromatic carbocycles. The molecule has 0 radical (unpaired) electrons. The second-order valence-corrected chi connectivity index (χ2v) is 9.34. The fourth-order valence-corrected chi connectivity index (χ4v) is 4.24. The Morgan fingerprint density at radius 1 is 1.21 bits per heavy atom. The van der Waals surface area contributed by atoms with E-state index < -0.39 is 10.0 Å². The predicted octanol–water partition coefficient (Wildman–Crippen LogP) is 2.11. The van der Waals surface area contributed by atoms with Crippen LogP contribution in [0.1, 0.15) is 25.8 Å². The summed E-state index contributed by atoms with van der Waals surface area (Å²) in [4.78, 5) is 4.87. The molecule has 2 aromatic rings. The van der Waals surface area contributed by atoms with Gasteiger partial charge in [0.05, 0.1) is 26.7 Å². The lowest BCUT2D eigenvalue weighted by Crippen LogP contribution is -2.33. The van der Waals surface area contributed by atoms with E-state index >= 15 is 0 Å². The molecule has 0 bridgehead atoms. The molecule has 24 heavy (non-hydrogen) atoms. The fourth-order valence-electron chi connectivity index (χ4n) is 2.05. The van der Waals surface area contributed by atoms with Gasteiger partial charge in [0.1, 0.15) is 0 Å². The summed E-state index contributed by atoms with van der Waals surface area (Å²) in [6, 6.07) is 5.07. The predicted molar refractivity (Wildman–Crippen MR) is 98.3 cm³/mol. The monoisotopic (exact) mass is 371 g/mol. The lowest BCUT2D eigenvalue weighted by Gasteiger charge is -2.13. The van der Waals surface area contributed by atoms with Crippen molar-refractivity contribution in [3.8, 4) is 0 Å². The van der Waals surface area contributed by atoms with Crippen LogP contribution in [0.15, 0.2) is 23.1 Å². The normalized spacial score (nSPS) is 12.8. The highest BCUT2D eigenvalue weighted by atomic mass is 32.2. The summed E-state index contributed by atoms with van der Waals surface area (Å²) in [6.45, 7) is 8.48. The van der Waals surface area contributed by atoms with Crippen molar-refractivity contribution in [1.82, 2.24) is 15.0 Å². The van der Waals surface area contributed by atoms with E-state index in [2.05, 4.69) is 35.8 Å². The number of ether oxygens (including phenoxy) is 1. The molecular formula is C16H25N3O3S2. The topological polar surface area (TPSA) is 80.3 Å². The molecule has 0 unspecified atom stereocenters. The van der Waals surface area contributed by atoms with E-state index in [0.717, 1.165) is 15.2 Å². The Labute approximate surface area is 147 Å². The fraction of sp³-hybridized carbons (Fsp3) is 0.562. The van der Waals surface area contributed by atoms with Gasteiger partial charge in [0.2, 0.25) is 10.0 Å². The maximum absolute atomic E-state index is 12.4. The SMILES string of the molecule is COCCNCCNS(=O)(=O)c1ccc2nc(C(C)(C)C)sc2c1.